The zero-order valence-electron chi connectivity index (χ0n) is 8.88. The van der Waals surface area contributed by atoms with Gasteiger partial charge in [-0.2, -0.15) is 0 Å². The first-order valence-electron chi connectivity index (χ1n) is 4.95. The van der Waals surface area contributed by atoms with Crippen LogP contribution in [0.15, 0.2) is 48.8 Å². The Bertz CT molecular complexity index is 494. The maximum atomic E-state index is 11.0. The Balaban J connectivity index is 2.44. The molecule has 0 aliphatic rings. The predicted octanol–water partition coefficient (Wildman–Crippen LogP) is 2.67. The number of carbonyl (C=O) groups excluding carboxylic acids is 1. The van der Waals surface area contributed by atoms with Gasteiger partial charge in [-0.05, 0) is 12.1 Å². The summed E-state index contributed by atoms with van der Waals surface area (Å²) in [6.07, 6.45) is 3.44. The first kappa shape index (κ1) is 10.4. The molecule has 3 heteroatoms. The fraction of sp³-hybridized carbons (Fsp3) is 0.0769. The molecule has 1 aromatic heterocycles. The average Bonchev–Trinajstić information content (AvgIpc) is 2.30. The smallest absolute Gasteiger partial charge is 0.308 e. The van der Waals surface area contributed by atoms with Crippen LogP contribution in [0.4, 0.5) is 0 Å². The Morgan fingerprint density at radius 1 is 1.19 bits per heavy atom. The predicted molar refractivity (Wildman–Crippen MR) is 61.0 cm³/mol. The van der Waals surface area contributed by atoms with Gasteiger partial charge in [-0.1, -0.05) is 24.3 Å². The molecular formula is C13H11NO2. The van der Waals surface area contributed by atoms with Crippen LogP contribution >= 0.6 is 0 Å². The summed E-state index contributed by atoms with van der Waals surface area (Å²) in [5.74, 6) is 0.236. The van der Waals surface area contributed by atoms with Crippen molar-refractivity contribution in [1.29, 1.82) is 0 Å². The Hall–Kier alpha value is -2.16. The number of pyridine rings is 1. The number of para-hydroxylation sites is 1. The van der Waals surface area contributed by atoms with Crippen LogP contribution in [0, 0.1) is 0 Å². The number of hydrogen-bond donors (Lipinski definition) is 0. The maximum absolute atomic E-state index is 11.0. The molecular weight excluding hydrogens is 202 g/mol. The number of esters is 1. The SMILES string of the molecule is CC(=O)Oc1ccccc1-c1cccnc1. The molecule has 16 heavy (non-hydrogen) atoms. The summed E-state index contributed by atoms with van der Waals surface area (Å²) in [5, 5.41) is 0. The minimum Gasteiger partial charge on any atom is -0.426 e. The van der Waals surface area contributed by atoms with Crippen LogP contribution in [-0.4, -0.2) is 11.0 Å². The molecule has 0 bridgehead atoms. The van der Waals surface area contributed by atoms with Crippen molar-refractivity contribution in [2.75, 3.05) is 0 Å². The van der Waals surface area contributed by atoms with Gasteiger partial charge in [-0.15, -0.1) is 0 Å². The van der Waals surface area contributed by atoms with Gasteiger partial charge in [0.2, 0.25) is 0 Å². The van der Waals surface area contributed by atoms with Crippen molar-refractivity contribution in [2.24, 2.45) is 0 Å². The second kappa shape index (κ2) is 4.57. The molecule has 1 aromatic carbocycles. The molecule has 1 heterocycles. The van der Waals surface area contributed by atoms with E-state index in [9.17, 15) is 4.79 Å². The van der Waals surface area contributed by atoms with Gasteiger partial charge >= 0.3 is 5.97 Å². The van der Waals surface area contributed by atoms with Crippen LogP contribution in [-0.2, 0) is 4.79 Å². The van der Waals surface area contributed by atoms with Crippen LogP contribution in [0.25, 0.3) is 11.1 Å². The summed E-state index contributed by atoms with van der Waals surface area (Å²) >= 11 is 0. The van der Waals surface area contributed by atoms with E-state index in [1.165, 1.54) is 6.92 Å². The Morgan fingerprint density at radius 3 is 2.69 bits per heavy atom. The number of carbonyl (C=O) groups is 1. The molecule has 2 rings (SSSR count). The maximum Gasteiger partial charge on any atom is 0.308 e. The minimum absolute atomic E-state index is 0.323. The zero-order valence-corrected chi connectivity index (χ0v) is 8.88. The van der Waals surface area contributed by atoms with Gasteiger partial charge in [-0.3, -0.25) is 9.78 Å². The summed E-state index contributed by atoms with van der Waals surface area (Å²) in [6, 6.07) is 11.2. The van der Waals surface area contributed by atoms with E-state index in [0.29, 0.717) is 5.75 Å². The number of nitrogens with zero attached hydrogens (tertiary/aromatic N) is 1. The van der Waals surface area contributed by atoms with Crippen molar-refractivity contribution in [3.8, 4) is 16.9 Å². The fourth-order valence-corrected chi connectivity index (χ4v) is 1.47. The molecule has 0 amide bonds. The van der Waals surface area contributed by atoms with E-state index in [-0.39, 0.29) is 5.97 Å². The second-order valence-corrected chi connectivity index (χ2v) is 3.33. The van der Waals surface area contributed by atoms with Crippen LogP contribution < -0.4 is 4.74 Å². The van der Waals surface area contributed by atoms with Gasteiger partial charge in [0, 0.05) is 30.4 Å². The topological polar surface area (TPSA) is 39.2 Å². The lowest BCUT2D eigenvalue weighted by molar-refractivity contribution is -0.131. The standard InChI is InChI=1S/C13H11NO2/c1-10(15)16-13-7-3-2-6-12(13)11-5-4-8-14-9-11/h2-9H,1H3. The zero-order chi connectivity index (χ0) is 11.4. The summed E-state index contributed by atoms with van der Waals surface area (Å²) in [5.41, 5.74) is 1.80. The summed E-state index contributed by atoms with van der Waals surface area (Å²) in [4.78, 5) is 15.0. The van der Waals surface area contributed by atoms with Crippen molar-refractivity contribution in [1.82, 2.24) is 4.98 Å². The van der Waals surface area contributed by atoms with Gasteiger partial charge in [0.25, 0.3) is 0 Å². The first-order valence-corrected chi connectivity index (χ1v) is 4.95. The van der Waals surface area contributed by atoms with Gasteiger partial charge in [0.05, 0.1) is 0 Å². The second-order valence-electron chi connectivity index (χ2n) is 3.33. The normalized spacial score (nSPS) is 9.81. The van der Waals surface area contributed by atoms with Crippen molar-refractivity contribution in [3.63, 3.8) is 0 Å². The van der Waals surface area contributed by atoms with Crippen LogP contribution in [0.1, 0.15) is 6.92 Å². The molecule has 0 atom stereocenters. The third kappa shape index (κ3) is 2.25. The minimum atomic E-state index is -0.323. The van der Waals surface area contributed by atoms with Gasteiger partial charge in [0.15, 0.2) is 0 Å². The highest BCUT2D eigenvalue weighted by Gasteiger charge is 2.06. The van der Waals surface area contributed by atoms with Crippen molar-refractivity contribution in [3.05, 3.63) is 48.8 Å². The number of hydrogen-bond acceptors (Lipinski definition) is 3. The average molecular weight is 213 g/mol. The van der Waals surface area contributed by atoms with E-state index in [4.69, 9.17) is 4.74 Å². The molecule has 3 nitrogen and oxygen atoms in total. The molecule has 0 N–H and O–H groups in total. The lowest BCUT2D eigenvalue weighted by Crippen LogP contribution is -2.02. The van der Waals surface area contributed by atoms with E-state index in [2.05, 4.69) is 4.98 Å². The van der Waals surface area contributed by atoms with Crippen LogP contribution in [0.5, 0.6) is 5.75 Å². The van der Waals surface area contributed by atoms with Crippen LogP contribution in [0.3, 0.4) is 0 Å². The summed E-state index contributed by atoms with van der Waals surface area (Å²) in [7, 11) is 0. The van der Waals surface area contributed by atoms with Crippen molar-refractivity contribution in [2.45, 2.75) is 6.92 Å². The number of ether oxygens (including phenoxy) is 1. The summed E-state index contributed by atoms with van der Waals surface area (Å²) < 4.78 is 5.13. The van der Waals surface area contributed by atoms with Gasteiger partial charge in [0.1, 0.15) is 5.75 Å². The molecule has 0 fully saturated rings. The van der Waals surface area contributed by atoms with E-state index in [0.717, 1.165) is 11.1 Å². The van der Waals surface area contributed by atoms with E-state index < -0.39 is 0 Å². The van der Waals surface area contributed by atoms with Crippen molar-refractivity contribution < 1.29 is 9.53 Å². The third-order valence-corrected chi connectivity index (χ3v) is 2.11. The third-order valence-electron chi connectivity index (χ3n) is 2.11. The van der Waals surface area contributed by atoms with E-state index in [1.807, 2.05) is 30.3 Å². The highest BCUT2D eigenvalue weighted by molar-refractivity contribution is 5.76. The highest BCUT2D eigenvalue weighted by Crippen LogP contribution is 2.28. The Labute approximate surface area is 93.7 Å². The molecule has 2 aromatic rings. The molecule has 0 spiro atoms. The number of aromatic nitrogens is 1. The molecule has 80 valence electrons. The molecule has 0 radical (unpaired) electrons. The molecule has 0 saturated heterocycles. The van der Waals surface area contributed by atoms with Gasteiger partial charge < -0.3 is 4.74 Å². The molecule has 0 unspecified atom stereocenters. The molecule has 0 saturated carbocycles. The largest absolute Gasteiger partial charge is 0.426 e. The van der Waals surface area contributed by atoms with Gasteiger partial charge in [-0.25, -0.2) is 0 Å². The van der Waals surface area contributed by atoms with E-state index >= 15 is 0 Å². The highest BCUT2D eigenvalue weighted by atomic mass is 16.5. The fourth-order valence-electron chi connectivity index (χ4n) is 1.47. The lowest BCUT2D eigenvalue weighted by atomic mass is 10.1. The Morgan fingerprint density at radius 2 is 2.00 bits per heavy atom. The van der Waals surface area contributed by atoms with Crippen LogP contribution in [0.2, 0.25) is 0 Å². The Kier molecular flexibility index (Phi) is 2.96. The number of benzene rings is 1. The molecule has 0 aliphatic carbocycles. The van der Waals surface area contributed by atoms with Crippen molar-refractivity contribution >= 4 is 5.97 Å². The van der Waals surface area contributed by atoms with E-state index in [1.54, 1.807) is 18.5 Å². The number of rotatable bonds is 2. The molecule has 0 aliphatic heterocycles. The first-order chi connectivity index (χ1) is 7.77. The summed E-state index contributed by atoms with van der Waals surface area (Å²) in [6.45, 7) is 1.39. The quantitative estimate of drug-likeness (QED) is 0.568. The lowest BCUT2D eigenvalue weighted by Gasteiger charge is -2.07. The monoisotopic (exact) mass is 213 g/mol.